The van der Waals surface area contributed by atoms with Crippen molar-refractivity contribution >= 4 is 16.0 Å². The molecule has 0 saturated carbocycles. The molecular weight excluding hydrogens is 370 g/mol. The highest BCUT2D eigenvalue weighted by Crippen LogP contribution is 2.29. The predicted octanol–water partition coefficient (Wildman–Crippen LogP) is 2.42. The first kappa shape index (κ1) is 20.9. The summed E-state index contributed by atoms with van der Waals surface area (Å²) in [7, 11) is -2.00. The molecule has 8 nitrogen and oxygen atoms in total. The van der Waals surface area contributed by atoms with Crippen LogP contribution in [0.4, 0.5) is 0 Å². The molecule has 1 atom stereocenters. The molecule has 0 fully saturated rings. The molecule has 0 aliphatic heterocycles. The number of carboxylic acids is 1. The number of benzene rings is 1. The van der Waals surface area contributed by atoms with Crippen LogP contribution in [0, 0.1) is 0 Å². The minimum Gasteiger partial charge on any atom is -0.497 e. The van der Waals surface area contributed by atoms with Gasteiger partial charge in [-0.2, -0.15) is 5.10 Å². The standard InChI is InChI=1S/C18H25N3O5S/c1-12(20-27(24,25)18(2,3)4)13-6-14(8-16(7-13)26-5)15-9-19-21(10-15)11-17(22)23/h6-10,12,20H,11H2,1-5H3,(H,22,23)/t12-/m1/s1. The van der Waals surface area contributed by atoms with E-state index in [2.05, 4.69) is 9.82 Å². The van der Waals surface area contributed by atoms with Gasteiger partial charge in [-0.3, -0.25) is 9.48 Å². The van der Waals surface area contributed by atoms with Crippen LogP contribution in [0.15, 0.2) is 30.6 Å². The number of nitrogens with one attached hydrogen (secondary N) is 1. The van der Waals surface area contributed by atoms with Crippen LogP contribution in [-0.4, -0.2) is 41.1 Å². The fraction of sp³-hybridized carbons (Fsp3) is 0.444. The summed E-state index contributed by atoms with van der Waals surface area (Å²) in [5.41, 5.74) is 2.19. The molecule has 0 spiro atoms. The highest BCUT2D eigenvalue weighted by molar-refractivity contribution is 7.90. The Morgan fingerprint density at radius 2 is 1.96 bits per heavy atom. The van der Waals surface area contributed by atoms with E-state index in [1.54, 1.807) is 52.2 Å². The maximum Gasteiger partial charge on any atom is 0.325 e. The largest absolute Gasteiger partial charge is 0.497 e. The van der Waals surface area contributed by atoms with Gasteiger partial charge < -0.3 is 9.84 Å². The summed E-state index contributed by atoms with van der Waals surface area (Å²) in [5.74, 6) is -0.420. The summed E-state index contributed by atoms with van der Waals surface area (Å²) in [6.07, 6.45) is 3.18. The summed E-state index contributed by atoms with van der Waals surface area (Å²) in [5, 5.41) is 12.9. The van der Waals surface area contributed by atoms with Gasteiger partial charge >= 0.3 is 5.97 Å². The maximum absolute atomic E-state index is 12.4. The summed E-state index contributed by atoms with van der Waals surface area (Å²) >= 11 is 0. The number of rotatable bonds is 7. The van der Waals surface area contributed by atoms with Gasteiger partial charge in [-0.15, -0.1) is 0 Å². The van der Waals surface area contributed by atoms with Crippen molar-refractivity contribution < 1.29 is 23.1 Å². The second kappa shape index (κ2) is 7.69. The number of hydrogen-bond donors (Lipinski definition) is 2. The van der Waals surface area contributed by atoms with Crippen molar-refractivity contribution in [1.29, 1.82) is 0 Å². The van der Waals surface area contributed by atoms with E-state index in [9.17, 15) is 13.2 Å². The van der Waals surface area contributed by atoms with Crippen LogP contribution in [0.2, 0.25) is 0 Å². The number of nitrogens with zero attached hydrogens (tertiary/aromatic N) is 2. The van der Waals surface area contributed by atoms with Crippen LogP contribution >= 0.6 is 0 Å². The molecule has 0 radical (unpaired) electrons. The topological polar surface area (TPSA) is 111 Å². The van der Waals surface area contributed by atoms with Crippen molar-refractivity contribution in [2.45, 2.75) is 45.0 Å². The molecule has 1 heterocycles. The fourth-order valence-corrected chi connectivity index (χ4v) is 3.33. The summed E-state index contributed by atoms with van der Waals surface area (Å²) < 4.78 is 33.3. The number of sulfonamides is 1. The highest BCUT2D eigenvalue weighted by atomic mass is 32.2. The molecule has 1 aromatic heterocycles. The molecule has 1 aromatic carbocycles. The first-order valence-electron chi connectivity index (χ1n) is 8.38. The Bertz CT molecular complexity index is 929. The lowest BCUT2D eigenvalue weighted by molar-refractivity contribution is -0.137. The number of methoxy groups -OCH3 is 1. The van der Waals surface area contributed by atoms with Gasteiger partial charge in [-0.1, -0.05) is 0 Å². The first-order valence-corrected chi connectivity index (χ1v) is 9.87. The van der Waals surface area contributed by atoms with Crippen molar-refractivity contribution in [3.05, 3.63) is 36.2 Å². The van der Waals surface area contributed by atoms with E-state index in [-0.39, 0.29) is 6.54 Å². The van der Waals surface area contributed by atoms with E-state index in [0.29, 0.717) is 11.3 Å². The van der Waals surface area contributed by atoms with Gasteiger partial charge in [0.25, 0.3) is 0 Å². The molecule has 9 heteroatoms. The highest BCUT2D eigenvalue weighted by Gasteiger charge is 2.30. The third-order valence-corrected chi connectivity index (χ3v) is 6.34. The molecule has 0 aliphatic carbocycles. The van der Waals surface area contributed by atoms with Crippen molar-refractivity contribution in [1.82, 2.24) is 14.5 Å². The molecule has 2 N–H and O–H groups in total. The van der Waals surface area contributed by atoms with Crippen LogP contribution < -0.4 is 9.46 Å². The predicted molar refractivity (Wildman–Crippen MR) is 102 cm³/mol. The molecule has 148 valence electrons. The fourth-order valence-electron chi connectivity index (χ4n) is 2.37. The first-order chi connectivity index (χ1) is 12.4. The Kier molecular flexibility index (Phi) is 5.96. The van der Waals surface area contributed by atoms with Gasteiger partial charge in [0.05, 0.1) is 18.1 Å². The molecule has 0 unspecified atom stereocenters. The van der Waals surface area contributed by atoms with E-state index >= 15 is 0 Å². The number of hydrogen-bond acceptors (Lipinski definition) is 5. The summed E-state index contributed by atoms with van der Waals surface area (Å²) in [6, 6.07) is 4.91. The Labute approximate surface area is 159 Å². The lowest BCUT2D eigenvalue weighted by atomic mass is 10.0. The number of carbonyl (C=O) groups is 1. The smallest absolute Gasteiger partial charge is 0.325 e. The third-order valence-electron chi connectivity index (χ3n) is 4.07. The maximum atomic E-state index is 12.4. The quantitative estimate of drug-likeness (QED) is 0.745. The summed E-state index contributed by atoms with van der Waals surface area (Å²) in [6.45, 7) is 6.43. The molecule has 0 aliphatic rings. The van der Waals surface area contributed by atoms with Crippen LogP contribution in [0.1, 0.15) is 39.3 Å². The normalized spacial score (nSPS) is 13.4. The van der Waals surface area contributed by atoms with Crippen LogP contribution in [-0.2, 0) is 21.4 Å². The third kappa shape index (κ3) is 5.08. The summed E-state index contributed by atoms with van der Waals surface area (Å²) in [4.78, 5) is 10.8. The van der Waals surface area contributed by atoms with Gasteiger partial charge in [-0.25, -0.2) is 13.1 Å². The van der Waals surface area contributed by atoms with Crippen molar-refractivity contribution in [3.63, 3.8) is 0 Å². The molecule has 2 aromatic rings. The molecule has 0 amide bonds. The van der Waals surface area contributed by atoms with Gasteiger partial charge in [0.15, 0.2) is 0 Å². The van der Waals surface area contributed by atoms with Crippen LogP contribution in [0.3, 0.4) is 0 Å². The number of carboxylic acid groups (broad SMARTS) is 1. The van der Waals surface area contributed by atoms with Crippen LogP contribution in [0.5, 0.6) is 5.75 Å². The molecule has 27 heavy (non-hydrogen) atoms. The second-order valence-electron chi connectivity index (χ2n) is 7.27. The number of ether oxygens (including phenoxy) is 1. The Morgan fingerprint density at radius 3 is 2.52 bits per heavy atom. The monoisotopic (exact) mass is 395 g/mol. The van der Waals surface area contributed by atoms with E-state index in [1.807, 2.05) is 6.07 Å². The van der Waals surface area contributed by atoms with Gasteiger partial charge in [-0.05, 0) is 57.0 Å². The van der Waals surface area contributed by atoms with E-state index in [0.717, 1.165) is 11.1 Å². The van der Waals surface area contributed by atoms with E-state index in [1.165, 1.54) is 11.8 Å². The lowest BCUT2D eigenvalue weighted by Gasteiger charge is -2.24. The zero-order chi connectivity index (χ0) is 20.4. The van der Waals surface area contributed by atoms with Crippen molar-refractivity contribution in [3.8, 4) is 16.9 Å². The van der Waals surface area contributed by atoms with E-state index < -0.39 is 26.8 Å². The van der Waals surface area contributed by atoms with Crippen molar-refractivity contribution in [2.75, 3.05) is 7.11 Å². The SMILES string of the molecule is COc1cc(-c2cnn(CC(=O)O)c2)cc([C@@H](C)NS(=O)(=O)C(C)(C)C)c1. The molecule has 0 saturated heterocycles. The van der Waals surface area contributed by atoms with Gasteiger partial charge in [0.2, 0.25) is 10.0 Å². The van der Waals surface area contributed by atoms with E-state index in [4.69, 9.17) is 9.84 Å². The average molecular weight is 395 g/mol. The Hall–Kier alpha value is -2.39. The number of aromatic nitrogens is 2. The van der Waals surface area contributed by atoms with Gasteiger partial charge in [0, 0.05) is 17.8 Å². The number of aliphatic carboxylic acids is 1. The zero-order valence-corrected chi connectivity index (χ0v) is 16.9. The van der Waals surface area contributed by atoms with Gasteiger partial charge in [0.1, 0.15) is 12.3 Å². The molecular formula is C18H25N3O5S. The minimum absolute atomic E-state index is 0.237. The van der Waals surface area contributed by atoms with Crippen LogP contribution in [0.25, 0.3) is 11.1 Å². The molecule has 0 bridgehead atoms. The second-order valence-corrected chi connectivity index (χ2v) is 9.74. The Morgan fingerprint density at radius 1 is 1.30 bits per heavy atom. The minimum atomic E-state index is -3.52. The zero-order valence-electron chi connectivity index (χ0n) is 16.1. The molecule has 2 rings (SSSR count). The lowest BCUT2D eigenvalue weighted by Crippen LogP contribution is -2.40. The van der Waals surface area contributed by atoms with Crippen molar-refractivity contribution in [2.24, 2.45) is 0 Å². The average Bonchev–Trinajstić information content (AvgIpc) is 3.00. The Balaban J connectivity index is 2.37.